The Kier molecular flexibility index (Phi) is 5.67. The zero-order chi connectivity index (χ0) is 22.8. The van der Waals surface area contributed by atoms with E-state index in [0.29, 0.717) is 5.54 Å². The van der Waals surface area contributed by atoms with Crippen molar-refractivity contribution in [3.8, 4) is 0 Å². The van der Waals surface area contributed by atoms with Gasteiger partial charge in [0, 0.05) is 0 Å². The van der Waals surface area contributed by atoms with Crippen molar-refractivity contribution in [1.29, 1.82) is 0 Å². The van der Waals surface area contributed by atoms with Crippen molar-refractivity contribution in [3.05, 3.63) is 28.8 Å². The Bertz CT molecular complexity index is 923. The molecule has 172 valence electrons. The van der Waals surface area contributed by atoms with Crippen LogP contribution in [-0.2, 0) is 0 Å². The van der Waals surface area contributed by atoms with Crippen molar-refractivity contribution in [3.63, 3.8) is 0 Å². The first-order valence-electron chi connectivity index (χ1n) is 12.9. The molecule has 0 spiro atoms. The molecule has 4 fully saturated rings. The van der Waals surface area contributed by atoms with Crippen LogP contribution in [0.5, 0.6) is 0 Å². The SMILES string of the molecule is [CH3][Ge][C]1=[N+](C23CC4CC(CC(C4)C2)C3)CCN1C(=Nc1c(C)cc(C)cc1C)C(C)(C)C. The van der Waals surface area contributed by atoms with Gasteiger partial charge in [-0.15, -0.1) is 0 Å². The van der Waals surface area contributed by atoms with Crippen molar-refractivity contribution in [2.24, 2.45) is 28.2 Å². The molecule has 0 atom stereocenters. The molecular formula is C28H42GeN3+. The summed E-state index contributed by atoms with van der Waals surface area (Å²) in [5.74, 6) is 6.77. The molecule has 1 heterocycles. The number of aryl methyl sites for hydroxylation is 3. The summed E-state index contributed by atoms with van der Waals surface area (Å²) in [4.78, 5) is 8.12. The topological polar surface area (TPSA) is 18.6 Å². The number of rotatable bonds is 3. The van der Waals surface area contributed by atoms with Crippen molar-refractivity contribution in [2.75, 3.05) is 13.1 Å². The third-order valence-electron chi connectivity index (χ3n) is 8.64. The molecule has 4 heteroatoms. The molecule has 4 aliphatic carbocycles. The van der Waals surface area contributed by atoms with E-state index >= 15 is 0 Å². The van der Waals surface area contributed by atoms with E-state index in [1.807, 2.05) is 0 Å². The zero-order valence-corrected chi connectivity index (χ0v) is 23.5. The van der Waals surface area contributed by atoms with Gasteiger partial charge in [0.25, 0.3) is 0 Å². The zero-order valence-electron chi connectivity index (χ0n) is 21.4. The van der Waals surface area contributed by atoms with Gasteiger partial charge in [-0.3, -0.25) is 0 Å². The maximum atomic E-state index is 5.45. The molecular weight excluding hydrogens is 451 g/mol. The second kappa shape index (κ2) is 7.99. The summed E-state index contributed by atoms with van der Waals surface area (Å²) in [6.07, 6.45) is 8.95. The molecule has 0 unspecified atom stereocenters. The quantitative estimate of drug-likeness (QED) is 0.216. The summed E-state index contributed by atoms with van der Waals surface area (Å²) in [5, 5.41) is 0. The van der Waals surface area contributed by atoms with E-state index in [0.717, 1.165) is 24.3 Å². The van der Waals surface area contributed by atoms with Crippen molar-refractivity contribution < 1.29 is 4.58 Å². The van der Waals surface area contributed by atoms with E-state index in [2.05, 4.69) is 68.9 Å². The third-order valence-corrected chi connectivity index (χ3v) is 10.7. The predicted molar refractivity (Wildman–Crippen MR) is 137 cm³/mol. The van der Waals surface area contributed by atoms with Crippen LogP contribution in [0.1, 0.15) is 76.0 Å². The van der Waals surface area contributed by atoms with Crippen molar-refractivity contribution in [2.45, 2.75) is 91.4 Å². The molecule has 0 saturated heterocycles. The number of hydrogen-bond acceptors (Lipinski definition) is 1. The van der Waals surface area contributed by atoms with E-state index in [4.69, 9.17) is 4.99 Å². The Balaban J connectivity index is 1.58. The summed E-state index contributed by atoms with van der Waals surface area (Å²) >= 11 is -0.177. The van der Waals surface area contributed by atoms with Crippen LogP contribution in [0.15, 0.2) is 17.1 Å². The van der Waals surface area contributed by atoms with Gasteiger partial charge in [-0.2, -0.15) is 0 Å². The van der Waals surface area contributed by atoms with Crippen LogP contribution < -0.4 is 0 Å². The van der Waals surface area contributed by atoms with Gasteiger partial charge in [0.05, 0.1) is 0 Å². The molecule has 1 aliphatic heterocycles. The fourth-order valence-corrected chi connectivity index (χ4v) is 10.3. The second-order valence-electron chi connectivity index (χ2n) is 12.5. The van der Waals surface area contributed by atoms with Gasteiger partial charge in [-0.25, -0.2) is 0 Å². The Morgan fingerprint density at radius 2 is 1.53 bits per heavy atom. The van der Waals surface area contributed by atoms with Crippen LogP contribution in [0.25, 0.3) is 0 Å². The van der Waals surface area contributed by atoms with Gasteiger partial charge in [0.1, 0.15) is 0 Å². The minimum atomic E-state index is -0.177. The van der Waals surface area contributed by atoms with Crippen molar-refractivity contribution >= 4 is 31.6 Å². The Morgan fingerprint density at radius 1 is 1.00 bits per heavy atom. The Labute approximate surface area is 202 Å². The molecule has 0 N–H and O–H groups in total. The van der Waals surface area contributed by atoms with Crippen LogP contribution in [0, 0.1) is 43.9 Å². The van der Waals surface area contributed by atoms with E-state index in [1.165, 1.54) is 73.3 Å². The molecule has 6 rings (SSSR count). The molecule has 32 heavy (non-hydrogen) atoms. The summed E-state index contributed by atoms with van der Waals surface area (Å²) < 4.78 is 4.62. The standard InChI is InChI=1S/C28H42GeN3/c1-18-10-19(2)24(20(3)11-18)30-25(27(4,5)6)31-8-9-32(26(31)29-7)28-15-21-12-22(16-28)14-23(13-21)17-28/h10-11,21-23H,8-9,12-17H2,1-7H3/q+1. The normalized spacial score (nSPS) is 32.4. The number of nitrogens with zero attached hydrogens (tertiary/aromatic N) is 3. The van der Waals surface area contributed by atoms with Gasteiger partial charge in [-0.1, -0.05) is 0 Å². The van der Waals surface area contributed by atoms with Crippen LogP contribution in [0.4, 0.5) is 5.69 Å². The Hall–Kier alpha value is -1.10. The van der Waals surface area contributed by atoms with Crippen LogP contribution in [0.3, 0.4) is 0 Å². The number of benzene rings is 1. The summed E-state index contributed by atoms with van der Waals surface area (Å²) in [5.41, 5.74) is 5.61. The second-order valence-corrected chi connectivity index (χ2v) is 14.4. The fraction of sp³-hybridized carbons (Fsp3) is 0.714. The van der Waals surface area contributed by atoms with Crippen LogP contribution >= 0.6 is 0 Å². The average Bonchev–Trinajstić information content (AvgIpc) is 3.09. The maximum absolute atomic E-state index is 5.45. The molecule has 4 bridgehead atoms. The minimum absolute atomic E-state index is 0.0217. The predicted octanol–water partition coefficient (Wildman–Crippen LogP) is 6.09. The third kappa shape index (κ3) is 3.80. The summed E-state index contributed by atoms with van der Waals surface area (Å²) in [7, 11) is 0. The molecule has 3 nitrogen and oxygen atoms in total. The monoisotopic (exact) mass is 494 g/mol. The molecule has 2 radical (unpaired) electrons. The first-order chi connectivity index (χ1) is 15.1. The molecule has 1 aromatic rings. The Morgan fingerprint density at radius 3 is 2.00 bits per heavy atom. The molecule has 0 amide bonds. The number of aliphatic imine (C=N–C) groups is 1. The van der Waals surface area contributed by atoms with E-state index in [1.54, 1.807) is 4.67 Å². The molecule has 4 saturated carbocycles. The van der Waals surface area contributed by atoms with Gasteiger partial charge in [0.2, 0.25) is 0 Å². The van der Waals surface area contributed by atoms with Gasteiger partial charge in [-0.05, 0) is 0 Å². The summed E-state index contributed by atoms with van der Waals surface area (Å²) in [6.45, 7) is 16.0. The fourth-order valence-electron chi connectivity index (χ4n) is 7.98. The molecule has 1 aromatic carbocycles. The van der Waals surface area contributed by atoms with Crippen LogP contribution in [0.2, 0.25) is 5.76 Å². The van der Waals surface area contributed by atoms with Gasteiger partial charge < -0.3 is 0 Å². The van der Waals surface area contributed by atoms with E-state index in [-0.39, 0.29) is 20.8 Å². The molecule has 0 aromatic heterocycles. The average molecular weight is 493 g/mol. The van der Waals surface area contributed by atoms with Gasteiger partial charge >= 0.3 is 203 Å². The number of amidine groups is 2. The summed E-state index contributed by atoms with van der Waals surface area (Å²) in [6, 6.07) is 4.58. The van der Waals surface area contributed by atoms with Crippen LogP contribution in [-0.4, -0.2) is 54.0 Å². The van der Waals surface area contributed by atoms with E-state index in [9.17, 15) is 0 Å². The number of hydrogen-bond donors (Lipinski definition) is 0. The van der Waals surface area contributed by atoms with Gasteiger partial charge in [0.15, 0.2) is 0 Å². The first-order valence-corrected chi connectivity index (χ1v) is 16.0. The van der Waals surface area contributed by atoms with Crippen molar-refractivity contribution in [1.82, 2.24) is 4.90 Å². The first kappa shape index (κ1) is 22.7. The molecule has 5 aliphatic rings. The van der Waals surface area contributed by atoms with E-state index < -0.39 is 0 Å².